The first-order valence-electron chi connectivity index (χ1n) is 8.22. The first kappa shape index (κ1) is 16.6. The van der Waals surface area contributed by atoms with Gasteiger partial charge in [-0.25, -0.2) is 0 Å². The average molecular weight is 354 g/mol. The molecule has 26 heavy (non-hydrogen) atoms. The molecule has 0 fully saturated rings. The molecule has 3 aromatic rings. The zero-order valence-electron chi connectivity index (χ0n) is 14.3. The highest BCUT2D eigenvalue weighted by Gasteiger charge is 2.42. The van der Waals surface area contributed by atoms with E-state index in [4.69, 9.17) is 9.15 Å². The van der Waals surface area contributed by atoms with Crippen LogP contribution in [-0.4, -0.2) is 27.0 Å². The number of hydrogen-bond donors (Lipinski definition) is 3. The number of hydrogen-bond acceptors (Lipinski definition) is 6. The molecule has 1 aromatic heterocycles. The molecule has 0 radical (unpaired) electrons. The molecule has 4 rings (SSSR count). The summed E-state index contributed by atoms with van der Waals surface area (Å²) >= 11 is 0. The highest BCUT2D eigenvalue weighted by Crippen LogP contribution is 2.41. The van der Waals surface area contributed by atoms with Crippen LogP contribution in [0.4, 0.5) is 0 Å². The van der Waals surface area contributed by atoms with Crippen LogP contribution in [0, 0.1) is 0 Å². The first-order chi connectivity index (χ1) is 12.3. The zero-order valence-corrected chi connectivity index (χ0v) is 14.3. The molecule has 2 aromatic carbocycles. The molecule has 2 atom stereocenters. The Morgan fingerprint density at radius 2 is 1.85 bits per heavy atom. The summed E-state index contributed by atoms with van der Waals surface area (Å²) in [4.78, 5) is 12.8. The first-order valence-corrected chi connectivity index (χ1v) is 8.22. The maximum absolute atomic E-state index is 12.8. The van der Waals surface area contributed by atoms with Gasteiger partial charge in [-0.15, -0.1) is 0 Å². The predicted octanol–water partition coefficient (Wildman–Crippen LogP) is 2.73. The van der Waals surface area contributed by atoms with Crippen molar-refractivity contribution in [2.45, 2.75) is 31.7 Å². The number of phenols is 1. The lowest BCUT2D eigenvalue weighted by atomic mass is 9.87. The zero-order chi connectivity index (χ0) is 18.6. The summed E-state index contributed by atoms with van der Waals surface area (Å²) < 4.78 is 11.2. The van der Waals surface area contributed by atoms with Crippen molar-refractivity contribution in [2.24, 2.45) is 0 Å². The summed E-state index contributed by atoms with van der Waals surface area (Å²) in [5.41, 5.74) is 0.396. The molecule has 0 saturated carbocycles. The van der Waals surface area contributed by atoms with Gasteiger partial charge >= 0.3 is 0 Å². The Labute approximate surface area is 148 Å². The third-order valence-corrected chi connectivity index (χ3v) is 4.78. The molecule has 1 aliphatic heterocycles. The Balaban J connectivity index is 1.86. The maximum atomic E-state index is 12.8. The van der Waals surface area contributed by atoms with Gasteiger partial charge in [-0.3, -0.25) is 4.79 Å². The Morgan fingerprint density at radius 3 is 2.62 bits per heavy atom. The Morgan fingerprint density at radius 1 is 1.08 bits per heavy atom. The molecule has 1 aliphatic rings. The minimum absolute atomic E-state index is 0.0130. The molecule has 2 heterocycles. The fourth-order valence-corrected chi connectivity index (χ4v) is 3.25. The van der Waals surface area contributed by atoms with E-state index in [1.165, 1.54) is 24.5 Å². The van der Waals surface area contributed by atoms with Crippen LogP contribution in [0.5, 0.6) is 11.5 Å². The van der Waals surface area contributed by atoms with E-state index in [0.717, 1.165) is 0 Å². The normalized spacial score (nSPS) is 21.2. The quantitative estimate of drug-likeness (QED) is 0.621. The number of aliphatic hydroxyl groups is 2. The van der Waals surface area contributed by atoms with Crippen molar-refractivity contribution in [3.63, 3.8) is 0 Å². The molecule has 0 saturated heterocycles. The molecule has 3 N–H and O–H groups in total. The van der Waals surface area contributed by atoms with Crippen molar-refractivity contribution >= 4 is 11.0 Å². The molecule has 6 heteroatoms. The van der Waals surface area contributed by atoms with Crippen LogP contribution < -0.4 is 10.2 Å². The lowest BCUT2D eigenvalue weighted by Gasteiger charge is -2.40. The molecule has 0 unspecified atom stereocenters. The maximum Gasteiger partial charge on any atom is 0.200 e. The van der Waals surface area contributed by atoms with Crippen LogP contribution in [-0.2, 0) is 0 Å². The van der Waals surface area contributed by atoms with Crippen LogP contribution >= 0.6 is 0 Å². The van der Waals surface area contributed by atoms with Crippen molar-refractivity contribution in [1.82, 2.24) is 0 Å². The van der Waals surface area contributed by atoms with Gasteiger partial charge in [0.2, 0.25) is 0 Å². The highest BCUT2D eigenvalue weighted by molar-refractivity contribution is 5.82. The second-order valence-corrected chi connectivity index (χ2v) is 7.01. The van der Waals surface area contributed by atoms with Gasteiger partial charge in [0, 0.05) is 11.6 Å². The van der Waals surface area contributed by atoms with Gasteiger partial charge in [-0.1, -0.05) is 6.07 Å². The minimum atomic E-state index is -1.13. The van der Waals surface area contributed by atoms with E-state index < -0.39 is 17.8 Å². The van der Waals surface area contributed by atoms with E-state index >= 15 is 0 Å². The van der Waals surface area contributed by atoms with Crippen molar-refractivity contribution in [3.8, 4) is 22.6 Å². The van der Waals surface area contributed by atoms with Crippen LogP contribution in [0.3, 0.4) is 0 Å². The number of aromatic hydroxyl groups is 1. The number of rotatable bonds is 1. The van der Waals surface area contributed by atoms with Crippen LogP contribution in [0.25, 0.3) is 22.1 Å². The lowest BCUT2D eigenvalue weighted by Crippen LogP contribution is -2.48. The number of phenolic OH excluding ortho intramolecular Hbond substituents is 1. The van der Waals surface area contributed by atoms with E-state index in [-0.39, 0.29) is 16.8 Å². The molecule has 0 spiro atoms. The summed E-state index contributed by atoms with van der Waals surface area (Å²) in [7, 11) is 0. The molecular formula is C20H18O6. The molecular weight excluding hydrogens is 336 g/mol. The van der Waals surface area contributed by atoms with Crippen molar-refractivity contribution in [1.29, 1.82) is 0 Å². The van der Waals surface area contributed by atoms with Gasteiger partial charge < -0.3 is 24.5 Å². The predicted molar refractivity (Wildman–Crippen MR) is 95.3 cm³/mol. The van der Waals surface area contributed by atoms with Gasteiger partial charge in [-0.2, -0.15) is 0 Å². The monoisotopic (exact) mass is 354 g/mol. The smallest absolute Gasteiger partial charge is 0.200 e. The van der Waals surface area contributed by atoms with E-state index in [1.54, 1.807) is 32.0 Å². The summed E-state index contributed by atoms with van der Waals surface area (Å²) in [5.74, 6) is 0.478. The fraction of sp³-hybridized carbons (Fsp3) is 0.250. The van der Waals surface area contributed by atoms with Gasteiger partial charge in [0.15, 0.2) is 5.43 Å². The summed E-state index contributed by atoms with van der Waals surface area (Å²) in [6, 6.07) is 9.30. The van der Waals surface area contributed by atoms with Crippen molar-refractivity contribution < 1.29 is 24.5 Å². The summed E-state index contributed by atoms with van der Waals surface area (Å²) in [6.45, 7) is 3.40. The van der Waals surface area contributed by atoms with Crippen LogP contribution in [0.15, 0.2) is 51.9 Å². The number of benzene rings is 2. The van der Waals surface area contributed by atoms with E-state index in [9.17, 15) is 20.1 Å². The number of aliphatic hydroxyl groups excluding tert-OH is 2. The number of fused-ring (bicyclic) bond motifs is 2. The van der Waals surface area contributed by atoms with Crippen molar-refractivity contribution in [2.75, 3.05) is 0 Å². The molecule has 0 amide bonds. The van der Waals surface area contributed by atoms with E-state index in [0.29, 0.717) is 27.8 Å². The third kappa shape index (κ3) is 2.46. The van der Waals surface area contributed by atoms with Crippen LogP contribution in [0.2, 0.25) is 0 Å². The Bertz CT molecular complexity index is 1070. The van der Waals surface area contributed by atoms with Gasteiger partial charge in [-0.05, 0) is 43.7 Å². The standard InChI is InChI=1S/C20H18O6/c1-20(2)19(24)18(23)13-7-10(3-6-15(13)26-20)14-9-25-16-8-11(21)4-5-12(16)17(14)22/h3-9,18-19,21,23-24H,1-2H3/t18-,19-/m0/s1. The van der Waals surface area contributed by atoms with E-state index in [1.807, 2.05) is 0 Å². The third-order valence-electron chi connectivity index (χ3n) is 4.78. The lowest BCUT2D eigenvalue weighted by molar-refractivity contribution is -0.111. The van der Waals surface area contributed by atoms with Gasteiger partial charge in [0.25, 0.3) is 0 Å². The topological polar surface area (TPSA) is 100 Å². The van der Waals surface area contributed by atoms with Gasteiger partial charge in [0.1, 0.15) is 41.2 Å². The average Bonchev–Trinajstić information content (AvgIpc) is 2.60. The second kappa shape index (κ2) is 5.59. The van der Waals surface area contributed by atoms with Crippen LogP contribution in [0.1, 0.15) is 25.5 Å². The number of ether oxygens (including phenoxy) is 1. The SMILES string of the molecule is CC1(C)Oc2ccc(-c3coc4cc(O)ccc4c3=O)cc2[C@H](O)[C@@H]1O. The minimum Gasteiger partial charge on any atom is -0.508 e. The largest absolute Gasteiger partial charge is 0.508 e. The Hall–Kier alpha value is -2.83. The molecule has 6 nitrogen and oxygen atoms in total. The van der Waals surface area contributed by atoms with Crippen molar-refractivity contribution in [3.05, 3.63) is 58.4 Å². The Kier molecular flexibility index (Phi) is 3.57. The summed E-state index contributed by atoms with van der Waals surface area (Å²) in [5, 5.41) is 30.6. The fourth-order valence-electron chi connectivity index (χ4n) is 3.25. The molecule has 0 bridgehead atoms. The highest BCUT2D eigenvalue weighted by atomic mass is 16.5. The van der Waals surface area contributed by atoms with E-state index in [2.05, 4.69) is 0 Å². The second-order valence-electron chi connectivity index (χ2n) is 7.01. The molecule has 0 aliphatic carbocycles. The van der Waals surface area contributed by atoms with Gasteiger partial charge in [0.05, 0.1) is 10.9 Å². The molecule has 134 valence electrons. The summed E-state index contributed by atoms with van der Waals surface area (Å²) in [6.07, 6.45) is -0.901.